The predicted molar refractivity (Wildman–Crippen MR) is 96.1 cm³/mol. The van der Waals surface area contributed by atoms with E-state index in [1.165, 1.54) is 12.1 Å². The second-order valence-electron chi connectivity index (χ2n) is 4.91. The van der Waals surface area contributed by atoms with Gasteiger partial charge in [-0.25, -0.2) is 13.1 Å². The van der Waals surface area contributed by atoms with Gasteiger partial charge in [-0.2, -0.15) is 0 Å². The fraction of sp³-hybridized carbons (Fsp3) is 0.0625. The molecule has 0 aliphatic heterocycles. The van der Waals surface area contributed by atoms with Crippen molar-refractivity contribution in [3.05, 3.63) is 65.3 Å². The molecule has 0 unspecified atom stereocenters. The molecule has 5 nitrogen and oxygen atoms in total. The molecule has 0 amide bonds. The first-order valence-electron chi connectivity index (χ1n) is 6.77. The summed E-state index contributed by atoms with van der Waals surface area (Å²) in [6, 6.07) is 16.2. The standard InChI is InChI=1S/C16H13ClN2O3S.Na.H/c1-11-15(17)16(22-18-11)19-23(20,21)14-9-7-13(8-10-14)12-5-3-2-4-6-12;;/h2-10,19H,1H3;;. The summed E-state index contributed by atoms with van der Waals surface area (Å²) in [5.74, 6) is -0.0868. The molecule has 3 rings (SSSR count). The first-order valence-corrected chi connectivity index (χ1v) is 8.63. The molecule has 3 aromatic rings. The molecule has 0 aliphatic rings. The number of nitrogens with zero attached hydrogens (tertiary/aromatic N) is 1. The molecule has 24 heavy (non-hydrogen) atoms. The molecule has 0 bridgehead atoms. The van der Waals surface area contributed by atoms with Crippen molar-refractivity contribution >= 4 is 57.1 Å². The summed E-state index contributed by atoms with van der Waals surface area (Å²) < 4.78 is 31.9. The zero-order valence-corrected chi connectivity index (χ0v) is 13.7. The third kappa shape index (κ3) is 4.02. The Labute approximate surface area is 167 Å². The van der Waals surface area contributed by atoms with Gasteiger partial charge >= 0.3 is 29.6 Å². The van der Waals surface area contributed by atoms with Crippen molar-refractivity contribution in [1.29, 1.82) is 0 Å². The number of aryl methyl sites for hydroxylation is 1. The Morgan fingerprint density at radius 1 is 1.00 bits per heavy atom. The molecule has 0 aliphatic carbocycles. The summed E-state index contributed by atoms with van der Waals surface area (Å²) in [7, 11) is -3.79. The van der Waals surface area contributed by atoms with Gasteiger partial charge in [-0.1, -0.05) is 59.2 Å². The summed E-state index contributed by atoms with van der Waals surface area (Å²) >= 11 is 5.92. The fourth-order valence-corrected chi connectivity index (χ4v) is 3.23. The van der Waals surface area contributed by atoms with Crippen molar-refractivity contribution in [3.63, 3.8) is 0 Å². The van der Waals surface area contributed by atoms with Crippen LogP contribution in [0.4, 0.5) is 5.88 Å². The van der Waals surface area contributed by atoms with Gasteiger partial charge in [-0.3, -0.25) is 0 Å². The van der Waals surface area contributed by atoms with Gasteiger partial charge < -0.3 is 4.52 Å². The summed E-state index contributed by atoms with van der Waals surface area (Å²) in [6.07, 6.45) is 0. The van der Waals surface area contributed by atoms with E-state index < -0.39 is 10.0 Å². The molecule has 0 atom stereocenters. The Balaban J connectivity index is 0.00000208. The number of halogens is 1. The summed E-state index contributed by atoms with van der Waals surface area (Å²) in [6.45, 7) is 1.62. The van der Waals surface area contributed by atoms with Crippen LogP contribution < -0.4 is 4.72 Å². The number of aromatic nitrogens is 1. The van der Waals surface area contributed by atoms with Gasteiger partial charge in [0.25, 0.3) is 15.9 Å². The first-order chi connectivity index (χ1) is 11.0. The molecule has 0 radical (unpaired) electrons. The number of rotatable bonds is 4. The first kappa shape index (κ1) is 19.0. The maximum atomic E-state index is 12.4. The average Bonchev–Trinajstić information content (AvgIpc) is 2.87. The van der Waals surface area contributed by atoms with Crippen LogP contribution in [0.3, 0.4) is 0 Å². The monoisotopic (exact) mass is 372 g/mol. The zero-order valence-electron chi connectivity index (χ0n) is 12.2. The maximum absolute atomic E-state index is 12.4. The zero-order chi connectivity index (χ0) is 16.4. The van der Waals surface area contributed by atoms with Crippen LogP contribution in [0.5, 0.6) is 0 Å². The minimum absolute atomic E-state index is 0. The Hall–Kier alpha value is -1.31. The number of hydrogen-bond acceptors (Lipinski definition) is 4. The van der Waals surface area contributed by atoms with E-state index in [0.717, 1.165) is 11.1 Å². The second kappa shape index (κ2) is 7.72. The van der Waals surface area contributed by atoms with Gasteiger partial charge in [0.15, 0.2) is 0 Å². The molecule has 0 spiro atoms. The van der Waals surface area contributed by atoms with Crippen LogP contribution in [0.25, 0.3) is 11.1 Å². The van der Waals surface area contributed by atoms with E-state index in [2.05, 4.69) is 9.88 Å². The summed E-state index contributed by atoms with van der Waals surface area (Å²) in [5.41, 5.74) is 2.36. The van der Waals surface area contributed by atoms with E-state index in [-0.39, 0.29) is 45.4 Å². The second-order valence-corrected chi connectivity index (χ2v) is 6.97. The van der Waals surface area contributed by atoms with E-state index in [0.29, 0.717) is 5.69 Å². The Morgan fingerprint density at radius 3 is 2.12 bits per heavy atom. The number of benzene rings is 2. The Kier molecular flexibility index (Phi) is 6.11. The average molecular weight is 373 g/mol. The molecule has 8 heteroatoms. The number of sulfonamides is 1. The van der Waals surface area contributed by atoms with Crippen molar-refractivity contribution in [1.82, 2.24) is 5.16 Å². The molecule has 0 saturated carbocycles. The summed E-state index contributed by atoms with van der Waals surface area (Å²) in [5, 5.41) is 3.76. The molecule has 1 heterocycles. The Bertz CT molecular complexity index is 926. The van der Waals surface area contributed by atoms with Gasteiger partial charge in [0.1, 0.15) is 10.7 Å². The topological polar surface area (TPSA) is 72.2 Å². The number of anilines is 1. The van der Waals surface area contributed by atoms with Crippen LogP contribution in [0, 0.1) is 6.92 Å². The molecule has 1 aromatic heterocycles. The van der Waals surface area contributed by atoms with Crippen LogP contribution in [0.2, 0.25) is 5.02 Å². The van der Waals surface area contributed by atoms with Crippen LogP contribution in [0.15, 0.2) is 64.0 Å². The van der Waals surface area contributed by atoms with Crippen LogP contribution in [-0.4, -0.2) is 43.1 Å². The van der Waals surface area contributed by atoms with Crippen molar-refractivity contribution < 1.29 is 12.9 Å². The Morgan fingerprint density at radius 2 is 1.58 bits per heavy atom. The van der Waals surface area contributed by atoms with Crippen LogP contribution in [-0.2, 0) is 10.0 Å². The molecule has 1 N–H and O–H groups in total. The molecular weight excluding hydrogens is 359 g/mol. The third-order valence-electron chi connectivity index (χ3n) is 3.29. The van der Waals surface area contributed by atoms with Crippen LogP contribution in [0.1, 0.15) is 5.69 Å². The van der Waals surface area contributed by atoms with E-state index in [1.807, 2.05) is 30.3 Å². The van der Waals surface area contributed by atoms with Crippen molar-refractivity contribution in [2.45, 2.75) is 11.8 Å². The van der Waals surface area contributed by atoms with Gasteiger partial charge in [-0.05, 0) is 30.2 Å². The third-order valence-corrected chi connectivity index (χ3v) is 5.08. The van der Waals surface area contributed by atoms with E-state index >= 15 is 0 Å². The summed E-state index contributed by atoms with van der Waals surface area (Å²) in [4.78, 5) is 0.113. The molecule has 120 valence electrons. The SMILES string of the molecule is Cc1noc(NS(=O)(=O)c2ccc(-c3ccccc3)cc2)c1Cl.[NaH]. The number of hydrogen-bond donors (Lipinski definition) is 1. The molecule has 0 fully saturated rings. The van der Waals surface area contributed by atoms with Gasteiger partial charge in [0.2, 0.25) is 0 Å². The van der Waals surface area contributed by atoms with E-state index in [9.17, 15) is 8.42 Å². The molecular formula is C16H14ClN2NaO3S. The van der Waals surface area contributed by atoms with Crippen LogP contribution >= 0.6 is 11.6 Å². The van der Waals surface area contributed by atoms with Gasteiger partial charge in [-0.15, -0.1) is 0 Å². The quantitative estimate of drug-likeness (QED) is 0.712. The van der Waals surface area contributed by atoms with Crippen molar-refractivity contribution in [3.8, 4) is 11.1 Å². The predicted octanol–water partition coefficient (Wildman–Crippen LogP) is 3.46. The van der Waals surface area contributed by atoms with Gasteiger partial charge in [0, 0.05) is 0 Å². The molecule has 2 aromatic carbocycles. The number of nitrogens with one attached hydrogen (secondary N) is 1. The van der Waals surface area contributed by atoms with Gasteiger partial charge in [0.05, 0.1) is 4.90 Å². The van der Waals surface area contributed by atoms with Crippen molar-refractivity contribution in [2.24, 2.45) is 0 Å². The van der Waals surface area contributed by atoms with E-state index in [4.69, 9.17) is 16.1 Å². The van der Waals surface area contributed by atoms with E-state index in [1.54, 1.807) is 19.1 Å². The fourth-order valence-electron chi connectivity index (χ4n) is 2.06. The normalized spacial score (nSPS) is 10.9. The molecule has 0 saturated heterocycles. The van der Waals surface area contributed by atoms with Crippen molar-refractivity contribution in [2.75, 3.05) is 4.72 Å². The minimum atomic E-state index is -3.79.